The Hall–Kier alpha value is -1.27. The van der Waals surface area contributed by atoms with Gasteiger partial charge in [-0.15, -0.1) is 0 Å². The zero-order valence-corrected chi connectivity index (χ0v) is 12.7. The van der Waals surface area contributed by atoms with Gasteiger partial charge in [0, 0.05) is 11.0 Å². The van der Waals surface area contributed by atoms with Gasteiger partial charge < -0.3 is 14.2 Å². The van der Waals surface area contributed by atoms with Crippen molar-refractivity contribution in [2.24, 2.45) is 0 Å². The number of hydrogen-bond donors (Lipinski definition) is 1. The number of carbonyl (C=O) groups is 1. The minimum atomic E-state index is -0.745. The van der Waals surface area contributed by atoms with E-state index in [4.69, 9.17) is 14.2 Å². The van der Waals surface area contributed by atoms with Gasteiger partial charge in [-0.05, 0) is 31.5 Å². The molecule has 1 N–H and O–H groups in total. The largest absolute Gasteiger partial charge is 0.468 e. The van der Waals surface area contributed by atoms with Crippen LogP contribution < -0.4 is 14.8 Å². The number of rotatable bonds is 4. The molecule has 0 aromatic heterocycles. The highest BCUT2D eigenvalue weighted by Gasteiger charge is 2.28. The third-order valence-corrected chi connectivity index (χ3v) is 3.70. The van der Waals surface area contributed by atoms with Crippen LogP contribution in [0.15, 0.2) is 16.6 Å². The van der Waals surface area contributed by atoms with Crippen molar-refractivity contribution in [3.05, 3.63) is 22.2 Å². The van der Waals surface area contributed by atoms with Gasteiger partial charge in [0.1, 0.15) is 5.54 Å². The van der Waals surface area contributed by atoms with Gasteiger partial charge in [-0.1, -0.05) is 15.9 Å². The zero-order valence-electron chi connectivity index (χ0n) is 11.1. The fourth-order valence-electron chi connectivity index (χ4n) is 1.74. The second-order valence-corrected chi connectivity index (χ2v) is 5.62. The first-order valence-corrected chi connectivity index (χ1v) is 6.65. The van der Waals surface area contributed by atoms with Gasteiger partial charge in [0.2, 0.25) is 6.79 Å². The molecule has 0 amide bonds. The van der Waals surface area contributed by atoms with Gasteiger partial charge in [0.15, 0.2) is 11.5 Å². The van der Waals surface area contributed by atoms with Crippen molar-refractivity contribution in [2.75, 3.05) is 13.9 Å². The first-order valence-electron chi connectivity index (χ1n) is 5.85. The summed E-state index contributed by atoms with van der Waals surface area (Å²) in [6.07, 6.45) is 0. The molecule has 6 heteroatoms. The summed E-state index contributed by atoms with van der Waals surface area (Å²) in [5, 5.41) is 3.16. The van der Waals surface area contributed by atoms with Crippen molar-refractivity contribution in [1.29, 1.82) is 0 Å². The topological polar surface area (TPSA) is 56.8 Å². The second kappa shape index (κ2) is 5.38. The minimum absolute atomic E-state index is 0.242. The van der Waals surface area contributed by atoms with Crippen molar-refractivity contribution in [3.63, 3.8) is 0 Å². The van der Waals surface area contributed by atoms with E-state index < -0.39 is 5.54 Å². The van der Waals surface area contributed by atoms with E-state index in [1.54, 1.807) is 13.8 Å². The van der Waals surface area contributed by atoms with E-state index in [0.29, 0.717) is 6.54 Å². The third kappa shape index (κ3) is 3.01. The minimum Gasteiger partial charge on any atom is -0.468 e. The van der Waals surface area contributed by atoms with E-state index in [1.807, 2.05) is 12.1 Å². The normalized spacial score (nSPS) is 13.5. The smallest absolute Gasteiger partial charge is 0.325 e. The molecule has 0 fully saturated rings. The summed E-state index contributed by atoms with van der Waals surface area (Å²) in [5.74, 6) is 1.14. The van der Waals surface area contributed by atoms with Gasteiger partial charge in [-0.3, -0.25) is 10.1 Å². The molecule has 0 spiro atoms. The molecule has 0 saturated heterocycles. The van der Waals surface area contributed by atoms with Crippen LogP contribution in [0.25, 0.3) is 0 Å². The van der Waals surface area contributed by atoms with E-state index >= 15 is 0 Å². The number of hydrogen-bond acceptors (Lipinski definition) is 5. The molecule has 1 aromatic rings. The van der Waals surface area contributed by atoms with Gasteiger partial charge >= 0.3 is 5.97 Å². The van der Waals surface area contributed by atoms with Crippen molar-refractivity contribution in [1.82, 2.24) is 5.32 Å². The summed E-state index contributed by atoms with van der Waals surface area (Å²) >= 11 is 3.48. The van der Waals surface area contributed by atoms with Crippen molar-refractivity contribution >= 4 is 21.9 Å². The lowest BCUT2D eigenvalue weighted by Crippen LogP contribution is -2.47. The quantitative estimate of drug-likeness (QED) is 0.858. The number of halogens is 1. The molecular weight excluding hydrogens is 314 g/mol. The van der Waals surface area contributed by atoms with Crippen LogP contribution in [0, 0.1) is 0 Å². The fraction of sp³-hybridized carbons (Fsp3) is 0.462. The highest BCUT2D eigenvalue weighted by Crippen LogP contribution is 2.36. The van der Waals surface area contributed by atoms with Crippen LogP contribution in [0.4, 0.5) is 0 Å². The number of fused-ring (bicyclic) bond motifs is 1. The van der Waals surface area contributed by atoms with Gasteiger partial charge in [0.05, 0.1) is 7.11 Å². The molecule has 19 heavy (non-hydrogen) atoms. The standard InChI is InChI=1S/C13H16BrNO4/c1-13(2,12(16)17-3)15-6-8-4-10-11(5-9(8)14)19-7-18-10/h4-5,15H,6-7H2,1-3H3. The first-order chi connectivity index (χ1) is 8.94. The van der Waals surface area contributed by atoms with E-state index in [-0.39, 0.29) is 12.8 Å². The Balaban J connectivity index is 2.10. The number of esters is 1. The number of carbonyl (C=O) groups excluding carboxylic acids is 1. The van der Waals surface area contributed by atoms with Crippen LogP contribution in [0.1, 0.15) is 19.4 Å². The Morgan fingerprint density at radius 2 is 2.05 bits per heavy atom. The Morgan fingerprint density at radius 1 is 1.42 bits per heavy atom. The van der Waals surface area contributed by atoms with Gasteiger partial charge in [0.25, 0.3) is 0 Å². The maximum absolute atomic E-state index is 11.6. The number of ether oxygens (including phenoxy) is 3. The highest BCUT2D eigenvalue weighted by molar-refractivity contribution is 9.10. The van der Waals surface area contributed by atoms with Crippen LogP contribution in [0.5, 0.6) is 11.5 Å². The van der Waals surface area contributed by atoms with Crippen LogP contribution >= 0.6 is 15.9 Å². The number of benzene rings is 1. The van der Waals surface area contributed by atoms with Crippen molar-refractivity contribution in [3.8, 4) is 11.5 Å². The third-order valence-electron chi connectivity index (χ3n) is 2.96. The van der Waals surface area contributed by atoms with Crippen LogP contribution in [-0.2, 0) is 16.1 Å². The lowest BCUT2D eigenvalue weighted by molar-refractivity contribution is -0.147. The predicted octanol–water partition coefficient (Wildman–Crippen LogP) is 2.22. The summed E-state index contributed by atoms with van der Waals surface area (Å²) in [5.41, 5.74) is 0.242. The summed E-state index contributed by atoms with van der Waals surface area (Å²) in [6, 6.07) is 3.76. The van der Waals surface area contributed by atoms with Gasteiger partial charge in [-0.2, -0.15) is 0 Å². The summed E-state index contributed by atoms with van der Waals surface area (Å²) in [4.78, 5) is 11.6. The fourth-order valence-corrected chi connectivity index (χ4v) is 2.20. The SMILES string of the molecule is COC(=O)C(C)(C)NCc1cc2c(cc1Br)OCO2. The molecule has 0 atom stereocenters. The predicted molar refractivity (Wildman–Crippen MR) is 73.2 cm³/mol. The lowest BCUT2D eigenvalue weighted by Gasteiger charge is -2.23. The Kier molecular flexibility index (Phi) is 4.01. The molecule has 1 aliphatic heterocycles. The van der Waals surface area contributed by atoms with Crippen molar-refractivity contribution in [2.45, 2.75) is 25.9 Å². The molecule has 5 nitrogen and oxygen atoms in total. The average molecular weight is 330 g/mol. The maximum atomic E-state index is 11.6. The van der Waals surface area contributed by atoms with E-state index in [9.17, 15) is 4.79 Å². The van der Waals surface area contributed by atoms with E-state index in [2.05, 4.69) is 21.2 Å². The molecule has 0 radical (unpaired) electrons. The summed E-state index contributed by atoms with van der Waals surface area (Å²) in [7, 11) is 1.38. The molecule has 0 unspecified atom stereocenters. The van der Waals surface area contributed by atoms with E-state index in [0.717, 1.165) is 21.5 Å². The van der Waals surface area contributed by atoms with Crippen LogP contribution in [0.2, 0.25) is 0 Å². The Morgan fingerprint density at radius 3 is 2.68 bits per heavy atom. The monoisotopic (exact) mass is 329 g/mol. The number of methoxy groups -OCH3 is 1. The molecule has 104 valence electrons. The molecule has 1 aliphatic rings. The maximum Gasteiger partial charge on any atom is 0.325 e. The molecule has 0 aliphatic carbocycles. The van der Waals surface area contributed by atoms with Crippen molar-refractivity contribution < 1.29 is 19.0 Å². The highest BCUT2D eigenvalue weighted by atomic mass is 79.9. The van der Waals surface area contributed by atoms with E-state index in [1.165, 1.54) is 7.11 Å². The number of nitrogens with one attached hydrogen (secondary N) is 1. The van der Waals surface area contributed by atoms with Crippen LogP contribution in [-0.4, -0.2) is 25.4 Å². The lowest BCUT2D eigenvalue weighted by atomic mass is 10.1. The first kappa shape index (κ1) is 14.1. The molecule has 1 heterocycles. The van der Waals surface area contributed by atoms with Gasteiger partial charge in [-0.25, -0.2) is 0 Å². The average Bonchev–Trinajstić information content (AvgIpc) is 2.81. The second-order valence-electron chi connectivity index (χ2n) is 4.77. The molecule has 0 bridgehead atoms. The molecule has 2 rings (SSSR count). The Labute approximate surface area is 120 Å². The Bertz CT molecular complexity index is 502. The summed E-state index contributed by atoms with van der Waals surface area (Å²) < 4.78 is 16.3. The molecule has 1 aromatic carbocycles. The summed E-state index contributed by atoms with van der Waals surface area (Å²) in [6.45, 7) is 4.31. The molecular formula is C13H16BrNO4. The zero-order chi connectivity index (χ0) is 14.0. The van der Waals surface area contributed by atoms with Crippen LogP contribution in [0.3, 0.4) is 0 Å². The molecule has 0 saturated carbocycles.